The van der Waals surface area contributed by atoms with Gasteiger partial charge < -0.3 is 0 Å². The first-order valence-corrected chi connectivity index (χ1v) is 10.9. The Morgan fingerprint density at radius 2 is 1.69 bits per heavy atom. The lowest BCUT2D eigenvalue weighted by Gasteiger charge is -2.29. The average molecular weight is 353 g/mol. The fourth-order valence-electron chi connectivity index (χ4n) is 4.56. The van der Waals surface area contributed by atoms with Crippen LogP contribution in [0.5, 0.6) is 0 Å². The van der Waals surface area contributed by atoms with Crippen molar-refractivity contribution in [2.45, 2.75) is 84.5 Å². The zero-order chi connectivity index (χ0) is 18.8. The molecule has 0 bridgehead atoms. The van der Waals surface area contributed by atoms with Gasteiger partial charge in [-0.3, -0.25) is 0 Å². The predicted molar refractivity (Wildman–Crippen MR) is 117 cm³/mol. The molecule has 1 aromatic carbocycles. The fraction of sp³-hybridized carbons (Fsp3) is 0.615. The molecule has 0 heterocycles. The average Bonchev–Trinajstić information content (AvgIpc) is 2.64. The van der Waals surface area contributed by atoms with Crippen molar-refractivity contribution in [3.8, 4) is 0 Å². The van der Waals surface area contributed by atoms with Crippen molar-refractivity contribution in [3.05, 3.63) is 60.2 Å². The van der Waals surface area contributed by atoms with Crippen LogP contribution >= 0.6 is 0 Å². The molecular formula is C26H40. The SMILES string of the molecule is C=CCC(C)C(=C)CCCC1CCC(CCCc2ccccc2C)CC1. The number of hydrogen-bond acceptors (Lipinski definition) is 0. The summed E-state index contributed by atoms with van der Waals surface area (Å²) in [4.78, 5) is 0. The summed E-state index contributed by atoms with van der Waals surface area (Å²) in [5, 5.41) is 0. The van der Waals surface area contributed by atoms with Gasteiger partial charge in [0.1, 0.15) is 0 Å². The molecule has 0 N–H and O–H groups in total. The molecule has 0 aromatic heterocycles. The number of benzene rings is 1. The fourth-order valence-corrected chi connectivity index (χ4v) is 4.56. The summed E-state index contributed by atoms with van der Waals surface area (Å²) in [5.41, 5.74) is 4.43. The Morgan fingerprint density at radius 3 is 2.31 bits per heavy atom. The molecule has 0 heteroatoms. The van der Waals surface area contributed by atoms with E-state index in [0.717, 1.165) is 18.3 Å². The van der Waals surface area contributed by atoms with Gasteiger partial charge in [0.05, 0.1) is 0 Å². The molecule has 1 atom stereocenters. The molecule has 1 aromatic rings. The van der Waals surface area contributed by atoms with Gasteiger partial charge >= 0.3 is 0 Å². The molecule has 2 rings (SSSR count). The smallest absolute Gasteiger partial charge is 0.0200 e. The summed E-state index contributed by atoms with van der Waals surface area (Å²) in [5.74, 6) is 2.57. The molecule has 1 fully saturated rings. The van der Waals surface area contributed by atoms with E-state index in [-0.39, 0.29) is 0 Å². The second-order valence-corrected chi connectivity index (χ2v) is 8.68. The number of hydrogen-bond donors (Lipinski definition) is 0. The topological polar surface area (TPSA) is 0 Å². The molecule has 0 spiro atoms. The van der Waals surface area contributed by atoms with Gasteiger partial charge in [0.2, 0.25) is 0 Å². The third kappa shape index (κ3) is 7.14. The Labute approximate surface area is 162 Å². The van der Waals surface area contributed by atoms with Gasteiger partial charge in [0.25, 0.3) is 0 Å². The zero-order valence-corrected chi connectivity index (χ0v) is 17.3. The van der Waals surface area contributed by atoms with Gasteiger partial charge in [-0.2, -0.15) is 0 Å². The first-order valence-electron chi connectivity index (χ1n) is 10.9. The van der Waals surface area contributed by atoms with Gasteiger partial charge in [0.15, 0.2) is 0 Å². The van der Waals surface area contributed by atoms with Crippen LogP contribution in [-0.4, -0.2) is 0 Å². The van der Waals surface area contributed by atoms with E-state index in [2.05, 4.69) is 51.3 Å². The Kier molecular flexibility index (Phi) is 9.23. The molecule has 1 unspecified atom stereocenters. The molecule has 144 valence electrons. The van der Waals surface area contributed by atoms with E-state index >= 15 is 0 Å². The minimum absolute atomic E-state index is 0.608. The monoisotopic (exact) mass is 352 g/mol. The van der Waals surface area contributed by atoms with E-state index < -0.39 is 0 Å². The van der Waals surface area contributed by atoms with E-state index in [0.29, 0.717) is 5.92 Å². The second kappa shape index (κ2) is 11.4. The lowest BCUT2D eigenvalue weighted by atomic mass is 9.77. The summed E-state index contributed by atoms with van der Waals surface area (Å²) in [7, 11) is 0. The normalized spacial score (nSPS) is 21.3. The Morgan fingerprint density at radius 1 is 1.08 bits per heavy atom. The summed E-state index contributed by atoms with van der Waals surface area (Å²) in [6, 6.07) is 8.87. The molecule has 1 aliphatic rings. The summed E-state index contributed by atoms with van der Waals surface area (Å²) >= 11 is 0. The zero-order valence-electron chi connectivity index (χ0n) is 17.3. The minimum Gasteiger partial charge on any atom is -0.103 e. The van der Waals surface area contributed by atoms with Gasteiger partial charge in [-0.1, -0.05) is 87.9 Å². The second-order valence-electron chi connectivity index (χ2n) is 8.68. The highest BCUT2D eigenvalue weighted by Gasteiger charge is 2.20. The van der Waals surface area contributed by atoms with Crippen LogP contribution in [-0.2, 0) is 6.42 Å². The van der Waals surface area contributed by atoms with E-state index in [1.165, 1.54) is 75.3 Å². The molecule has 0 nitrogen and oxygen atoms in total. The Balaban J connectivity index is 1.57. The van der Waals surface area contributed by atoms with Crippen molar-refractivity contribution in [3.63, 3.8) is 0 Å². The van der Waals surface area contributed by atoms with Gasteiger partial charge in [-0.15, -0.1) is 6.58 Å². The van der Waals surface area contributed by atoms with Crippen LogP contribution in [0, 0.1) is 24.7 Å². The Bertz CT molecular complexity index is 545. The third-order valence-electron chi connectivity index (χ3n) is 6.61. The summed E-state index contributed by atoms with van der Waals surface area (Å²) in [6.45, 7) is 12.7. The van der Waals surface area contributed by atoms with E-state index in [4.69, 9.17) is 0 Å². The quantitative estimate of drug-likeness (QED) is 0.353. The maximum Gasteiger partial charge on any atom is -0.0200 e. The van der Waals surface area contributed by atoms with Crippen LogP contribution in [0.2, 0.25) is 0 Å². The first kappa shape index (κ1) is 21.0. The molecular weight excluding hydrogens is 312 g/mol. The van der Waals surface area contributed by atoms with E-state index in [1.807, 2.05) is 6.08 Å². The molecule has 1 saturated carbocycles. The van der Waals surface area contributed by atoms with E-state index in [9.17, 15) is 0 Å². The van der Waals surface area contributed by atoms with Crippen LogP contribution in [0.25, 0.3) is 0 Å². The van der Waals surface area contributed by atoms with Gasteiger partial charge in [-0.05, 0) is 67.9 Å². The van der Waals surface area contributed by atoms with Crippen LogP contribution in [0.3, 0.4) is 0 Å². The van der Waals surface area contributed by atoms with Crippen molar-refractivity contribution in [2.75, 3.05) is 0 Å². The van der Waals surface area contributed by atoms with E-state index in [1.54, 1.807) is 5.56 Å². The van der Waals surface area contributed by atoms with Crippen molar-refractivity contribution in [1.82, 2.24) is 0 Å². The molecule has 0 amide bonds. The minimum atomic E-state index is 0.608. The largest absolute Gasteiger partial charge is 0.103 e. The highest BCUT2D eigenvalue weighted by molar-refractivity contribution is 5.25. The molecule has 26 heavy (non-hydrogen) atoms. The van der Waals surface area contributed by atoms with Crippen molar-refractivity contribution >= 4 is 0 Å². The number of aryl methyl sites for hydroxylation is 2. The van der Waals surface area contributed by atoms with Crippen molar-refractivity contribution in [2.24, 2.45) is 17.8 Å². The summed E-state index contributed by atoms with van der Waals surface area (Å²) < 4.78 is 0. The highest BCUT2D eigenvalue weighted by Crippen LogP contribution is 2.35. The number of allylic oxidation sites excluding steroid dienone is 2. The van der Waals surface area contributed by atoms with Crippen molar-refractivity contribution in [1.29, 1.82) is 0 Å². The van der Waals surface area contributed by atoms with Crippen LogP contribution in [0.15, 0.2) is 49.1 Å². The summed E-state index contributed by atoms with van der Waals surface area (Å²) in [6.07, 6.45) is 17.0. The lowest BCUT2D eigenvalue weighted by Crippen LogP contribution is -2.15. The third-order valence-corrected chi connectivity index (χ3v) is 6.61. The van der Waals surface area contributed by atoms with Gasteiger partial charge in [0, 0.05) is 0 Å². The maximum atomic E-state index is 4.29. The van der Waals surface area contributed by atoms with Crippen LogP contribution < -0.4 is 0 Å². The number of rotatable bonds is 11. The van der Waals surface area contributed by atoms with Crippen LogP contribution in [0.1, 0.15) is 82.3 Å². The standard InChI is InChI=1S/C26H40/c1-5-10-21(2)22(3)12-8-13-24-17-19-25(20-18-24)14-9-16-26-15-7-6-11-23(26)4/h5-7,11,15,21,24-25H,1,3,8-10,12-14,16-20H2,2,4H3. The first-order chi connectivity index (χ1) is 12.6. The molecule has 1 aliphatic carbocycles. The van der Waals surface area contributed by atoms with Crippen LogP contribution in [0.4, 0.5) is 0 Å². The molecule has 0 aliphatic heterocycles. The molecule has 0 saturated heterocycles. The lowest BCUT2D eigenvalue weighted by molar-refractivity contribution is 0.247. The maximum absolute atomic E-state index is 4.29. The molecule has 0 radical (unpaired) electrons. The van der Waals surface area contributed by atoms with Gasteiger partial charge in [-0.25, -0.2) is 0 Å². The highest BCUT2D eigenvalue weighted by atomic mass is 14.3. The predicted octanol–water partition coefficient (Wildman–Crippen LogP) is 8.06. The van der Waals surface area contributed by atoms with Crippen molar-refractivity contribution < 1.29 is 0 Å². The Hall–Kier alpha value is -1.30.